The zero-order valence-electron chi connectivity index (χ0n) is 10.6. The van der Waals surface area contributed by atoms with E-state index in [1.165, 1.54) is 32.5 Å². The fourth-order valence-corrected chi connectivity index (χ4v) is 2.24. The van der Waals surface area contributed by atoms with Crippen molar-refractivity contribution in [2.24, 2.45) is 5.92 Å². The fraction of sp³-hybridized carbons (Fsp3) is 1.00. The van der Waals surface area contributed by atoms with Crippen LogP contribution < -0.4 is 5.32 Å². The minimum absolute atomic E-state index is 0.494. The average Bonchev–Trinajstić information content (AvgIpc) is 2.26. The maximum Gasteiger partial charge on any atom is 0.0595 e. The lowest BCUT2D eigenvalue weighted by Gasteiger charge is -2.34. The number of nitrogens with zero attached hydrogens (tertiary/aromatic N) is 1. The summed E-state index contributed by atoms with van der Waals surface area (Å²) >= 11 is 0. The molecule has 0 bridgehead atoms. The van der Waals surface area contributed by atoms with Crippen LogP contribution in [0.4, 0.5) is 0 Å². The molecule has 1 unspecified atom stereocenters. The summed E-state index contributed by atoms with van der Waals surface area (Å²) in [6.45, 7) is 8.10. The Labute approximate surface area is 94.2 Å². The lowest BCUT2D eigenvalue weighted by atomic mass is 10.0. The SMILES string of the molecule is CNC(CN1CCC(OC)CC1)C(C)C. The van der Waals surface area contributed by atoms with Crippen LogP contribution in [0.1, 0.15) is 26.7 Å². The number of rotatable bonds is 5. The topological polar surface area (TPSA) is 24.5 Å². The number of methoxy groups -OCH3 is 1. The van der Waals surface area contributed by atoms with Gasteiger partial charge in [-0.15, -0.1) is 0 Å². The summed E-state index contributed by atoms with van der Waals surface area (Å²) in [6, 6.07) is 0.615. The normalized spacial score (nSPS) is 22.2. The minimum atomic E-state index is 0.494. The van der Waals surface area contributed by atoms with Crippen molar-refractivity contribution >= 4 is 0 Å². The Kier molecular flexibility index (Phi) is 5.58. The third-order valence-electron chi connectivity index (χ3n) is 3.50. The van der Waals surface area contributed by atoms with Gasteiger partial charge in [0.2, 0.25) is 0 Å². The standard InChI is InChI=1S/C12H26N2O/c1-10(2)12(13-3)9-14-7-5-11(15-4)6-8-14/h10-13H,5-9H2,1-4H3. The van der Waals surface area contributed by atoms with Crippen molar-refractivity contribution in [1.82, 2.24) is 10.2 Å². The number of piperidine rings is 1. The zero-order valence-corrected chi connectivity index (χ0v) is 10.6. The van der Waals surface area contributed by atoms with Gasteiger partial charge in [0.25, 0.3) is 0 Å². The van der Waals surface area contributed by atoms with Gasteiger partial charge in [0.05, 0.1) is 6.10 Å². The van der Waals surface area contributed by atoms with Gasteiger partial charge in [0, 0.05) is 32.8 Å². The Morgan fingerprint density at radius 3 is 2.33 bits per heavy atom. The van der Waals surface area contributed by atoms with Gasteiger partial charge in [-0.1, -0.05) is 13.8 Å². The van der Waals surface area contributed by atoms with Crippen molar-refractivity contribution in [1.29, 1.82) is 0 Å². The Morgan fingerprint density at radius 2 is 1.93 bits per heavy atom. The summed E-state index contributed by atoms with van der Waals surface area (Å²) in [6.07, 6.45) is 2.86. The second-order valence-electron chi connectivity index (χ2n) is 4.87. The largest absolute Gasteiger partial charge is 0.381 e. The van der Waals surface area contributed by atoms with E-state index in [0.717, 1.165) is 0 Å². The molecule has 0 aromatic carbocycles. The molecule has 1 heterocycles. The molecule has 90 valence electrons. The first-order chi connectivity index (χ1) is 7.17. The molecule has 1 atom stereocenters. The van der Waals surface area contributed by atoms with Gasteiger partial charge in [0.15, 0.2) is 0 Å². The molecule has 1 aliphatic heterocycles. The number of nitrogens with one attached hydrogen (secondary N) is 1. The second-order valence-corrected chi connectivity index (χ2v) is 4.87. The molecule has 0 saturated carbocycles. The maximum absolute atomic E-state index is 5.38. The van der Waals surface area contributed by atoms with Gasteiger partial charge < -0.3 is 15.0 Å². The van der Waals surface area contributed by atoms with Crippen LogP contribution in [0.2, 0.25) is 0 Å². The summed E-state index contributed by atoms with van der Waals surface area (Å²) < 4.78 is 5.38. The van der Waals surface area contributed by atoms with E-state index in [1.54, 1.807) is 0 Å². The lowest BCUT2D eigenvalue weighted by molar-refractivity contribution is 0.0371. The molecule has 1 rings (SSSR count). The molecule has 1 aliphatic rings. The van der Waals surface area contributed by atoms with Crippen LogP contribution in [-0.2, 0) is 4.74 Å². The number of hydrogen-bond acceptors (Lipinski definition) is 3. The van der Waals surface area contributed by atoms with E-state index >= 15 is 0 Å². The van der Waals surface area contributed by atoms with Crippen LogP contribution in [0.25, 0.3) is 0 Å². The quantitative estimate of drug-likeness (QED) is 0.747. The number of ether oxygens (including phenoxy) is 1. The molecule has 0 aliphatic carbocycles. The first kappa shape index (κ1) is 12.9. The monoisotopic (exact) mass is 214 g/mol. The highest BCUT2D eigenvalue weighted by molar-refractivity contribution is 4.78. The van der Waals surface area contributed by atoms with Gasteiger partial charge in [0.1, 0.15) is 0 Å². The molecule has 1 fully saturated rings. The van der Waals surface area contributed by atoms with E-state index in [1.807, 2.05) is 7.11 Å². The van der Waals surface area contributed by atoms with Gasteiger partial charge >= 0.3 is 0 Å². The highest BCUT2D eigenvalue weighted by atomic mass is 16.5. The molecule has 0 radical (unpaired) electrons. The molecule has 0 aromatic rings. The van der Waals surface area contributed by atoms with Crippen molar-refractivity contribution in [2.45, 2.75) is 38.8 Å². The molecule has 0 amide bonds. The van der Waals surface area contributed by atoms with Crippen LogP contribution in [0.5, 0.6) is 0 Å². The van der Waals surface area contributed by atoms with Crippen LogP contribution >= 0.6 is 0 Å². The van der Waals surface area contributed by atoms with Crippen molar-refractivity contribution in [3.05, 3.63) is 0 Å². The van der Waals surface area contributed by atoms with E-state index in [2.05, 4.69) is 31.1 Å². The Bertz CT molecular complexity index is 165. The Balaban J connectivity index is 2.28. The highest BCUT2D eigenvalue weighted by Crippen LogP contribution is 2.14. The highest BCUT2D eigenvalue weighted by Gasteiger charge is 2.21. The van der Waals surface area contributed by atoms with E-state index in [4.69, 9.17) is 4.74 Å². The summed E-state index contributed by atoms with van der Waals surface area (Å²) in [4.78, 5) is 2.55. The summed E-state index contributed by atoms with van der Waals surface area (Å²) in [5, 5.41) is 3.40. The average molecular weight is 214 g/mol. The zero-order chi connectivity index (χ0) is 11.3. The van der Waals surface area contributed by atoms with Crippen molar-refractivity contribution < 1.29 is 4.74 Å². The van der Waals surface area contributed by atoms with E-state index in [0.29, 0.717) is 18.1 Å². The smallest absolute Gasteiger partial charge is 0.0595 e. The van der Waals surface area contributed by atoms with Gasteiger partial charge in [-0.25, -0.2) is 0 Å². The van der Waals surface area contributed by atoms with E-state index < -0.39 is 0 Å². The first-order valence-electron chi connectivity index (χ1n) is 6.09. The molecule has 1 N–H and O–H groups in total. The molecular weight excluding hydrogens is 188 g/mol. The van der Waals surface area contributed by atoms with Crippen molar-refractivity contribution in [3.8, 4) is 0 Å². The molecular formula is C12H26N2O. The summed E-state index contributed by atoms with van der Waals surface area (Å²) in [5.41, 5.74) is 0. The third-order valence-corrected chi connectivity index (χ3v) is 3.50. The number of hydrogen-bond donors (Lipinski definition) is 1. The first-order valence-corrected chi connectivity index (χ1v) is 6.09. The summed E-state index contributed by atoms with van der Waals surface area (Å²) in [7, 11) is 3.89. The second kappa shape index (κ2) is 6.46. The predicted octanol–water partition coefficient (Wildman–Crippen LogP) is 1.34. The Morgan fingerprint density at radius 1 is 1.33 bits per heavy atom. The number of likely N-dealkylation sites (N-methyl/N-ethyl adjacent to an activating group) is 1. The molecule has 0 spiro atoms. The Hall–Kier alpha value is -0.120. The van der Waals surface area contributed by atoms with Crippen LogP contribution in [0, 0.1) is 5.92 Å². The predicted molar refractivity (Wildman–Crippen MR) is 64.2 cm³/mol. The fourth-order valence-electron chi connectivity index (χ4n) is 2.24. The van der Waals surface area contributed by atoms with Gasteiger partial charge in [-0.2, -0.15) is 0 Å². The molecule has 15 heavy (non-hydrogen) atoms. The van der Waals surface area contributed by atoms with E-state index in [-0.39, 0.29) is 0 Å². The van der Waals surface area contributed by atoms with Crippen molar-refractivity contribution in [3.63, 3.8) is 0 Å². The summed E-state index contributed by atoms with van der Waals surface area (Å²) in [5.74, 6) is 0.704. The van der Waals surface area contributed by atoms with Crippen LogP contribution in [-0.4, -0.2) is 50.8 Å². The van der Waals surface area contributed by atoms with Gasteiger partial charge in [-0.3, -0.25) is 0 Å². The molecule has 1 saturated heterocycles. The van der Waals surface area contributed by atoms with Gasteiger partial charge in [-0.05, 0) is 25.8 Å². The molecule has 3 heteroatoms. The lowest BCUT2D eigenvalue weighted by Crippen LogP contribution is -2.46. The maximum atomic E-state index is 5.38. The number of likely N-dealkylation sites (tertiary alicyclic amines) is 1. The minimum Gasteiger partial charge on any atom is -0.381 e. The van der Waals surface area contributed by atoms with Crippen LogP contribution in [0.15, 0.2) is 0 Å². The van der Waals surface area contributed by atoms with Crippen molar-refractivity contribution in [2.75, 3.05) is 33.8 Å². The molecule has 0 aromatic heterocycles. The van der Waals surface area contributed by atoms with E-state index in [9.17, 15) is 0 Å². The third kappa shape index (κ3) is 4.09. The van der Waals surface area contributed by atoms with Crippen LogP contribution in [0.3, 0.4) is 0 Å². The molecule has 3 nitrogen and oxygen atoms in total.